The van der Waals surface area contributed by atoms with E-state index in [1.165, 1.54) is 23.2 Å². The molecule has 1 atom stereocenters. The quantitative estimate of drug-likeness (QED) is 0.617. The first-order valence-corrected chi connectivity index (χ1v) is 5.52. The van der Waals surface area contributed by atoms with Gasteiger partial charge in [-0.3, -0.25) is 0 Å². The van der Waals surface area contributed by atoms with Crippen LogP contribution >= 0.6 is 0 Å². The van der Waals surface area contributed by atoms with Crippen molar-refractivity contribution >= 4 is 11.3 Å². The Labute approximate surface area is 90.7 Å². The summed E-state index contributed by atoms with van der Waals surface area (Å²) in [7, 11) is 2.19. The summed E-state index contributed by atoms with van der Waals surface area (Å²) in [5.41, 5.74) is 4.27. The monoisotopic (exact) mass is 197 g/mol. The predicted octanol–water partition coefficient (Wildman–Crippen LogP) is 3.10. The van der Waals surface area contributed by atoms with Gasteiger partial charge in [-0.25, -0.2) is 0 Å². The Morgan fingerprint density at radius 1 is 1.27 bits per heavy atom. The van der Waals surface area contributed by atoms with E-state index in [-0.39, 0.29) is 0 Å². The van der Waals surface area contributed by atoms with Crippen LogP contribution in [-0.4, -0.2) is 13.6 Å². The zero-order chi connectivity index (χ0) is 10.3. The molecule has 15 heavy (non-hydrogen) atoms. The second kappa shape index (κ2) is 3.27. The third-order valence-corrected chi connectivity index (χ3v) is 3.33. The number of nitrogens with zero attached hydrogens (tertiary/aromatic N) is 1. The van der Waals surface area contributed by atoms with Crippen molar-refractivity contribution in [2.45, 2.75) is 6.42 Å². The van der Waals surface area contributed by atoms with E-state index in [9.17, 15) is 0 Å². The summed E-state index contributed by atoms with van der Waals surface area (Å²) in [5, 5.41) is 0. The second-order valence-electron chi connectivity index (χ2n) is 4.44. The van der Waals surface area contributed by atoms with Crippen molar-refractivity contribution in [1.29, 1.82) is 0 Å². The molecule has 0 amide bonds. The van der Waals surface area contributed by atoms with Crippen molar-refractivity contribution in [3.63, 3.8) is 0 Å². The van der Waals surface area contributed by atoms with Crippen molar-refractivity contribution in [1.82, 2.24) is 0 Å². The Morgan fingerprint density at radius 2 is 2.13 bits per heavy atom. The summed E-state index contributed by atoms with van der Waals surface area (Å²) < 4.78 is 0. The Balaban J connectivity index is 2.19. The van der Waals surface area contributed by atoms with Gasteiger partial charge in [0.15, 0.2) is 0 Å². The predicted molar refractivity (Wildman–Crippen MR) is 64.9 cm³/mol. The number of allylic oxidation sites excluding steroid dienone is 3. The van der Waals surface area contributed by atoms with E-state index in [1.807, 2.05) is 0 Å². The van der Waals surface area contributed by atoms with Crippen LogP contribution in [0.25, 0.3) is 5.57 Å². The zero-order valence-corrected chi connectivity index (χ0v) is 8.98. The number of hydrogen-bond acceptors (Lipinski definition) is 1. The van der Waals surface area contributed by atoms with E-state index in [1.54, 1.807) is 0 Å². The first-order chi connectivity index (χ1) is 7.34. The lowest BCUT2D eigenvalue weighted by Crippen LogP contribution is -2.22. The Hall–Kier alpha value is -1.50. The lowest BCUT2D eigenvalue weighted by atomic mass is 9.91. The fourth-order valence-electron chi connectivity index (χ4n) is 2.60. The molecule has 3 rings (SSSR count). The maximum atomic E-state index is 2.37. The van der Waals surface area contributed by atoms with E-state index in [2.05, 4.69) is 54.4 Å². The molecule has 0 saturated carbocycles. The smallest absolute Gasteiger partial charge is 0.0440 e. The highest BCUT2D eigenvalue weighted by Gasteiger charge is 2.22. The minimum absolute atomic E-state index is 0.683. The van der Waals surface area contributed by atoms with E-state index in [0.717, 1.165) is 6.54 Å². The molecular formula is C14H15N. The van der Waals surface area contributed by atoms with Gasteiger partial charge in [0.2, 0.25) is 0 Å². The molecule has 1 aromatic carbocycles. The number of anilines is 1. The summed E-state index contributed by atoms with van der Waals surface area (Å²) in [4.78, 5) is 2.37. The minimum atomic E-state index is 0.683. The maximum absolute atomic E-state index is 2.37. The number of para-hydroxylation sites is 1. The Kier molecular flexibility index (Phi) is 1.91. The summed E-state index contributed by atoms with van der Waals surface area (Å²) in [5.74, 6) is 0.683. The molecule has 0 aromatic heterocycles. The van der Waals surface area contributed by atoms with E-state index in [0.29, 0.717) is 5.92 Å². The SMILES string of the molecule is CN1CC2C=CC=C(C2)c2ccccc21. The van der Waals surface area contributed by atoms with Crippen LogP contribution in [0.4, 0.5) is 5.69 Å². The van der Waals surface area contributed by atoms with Crippen LogP contribution in [-0.2, 0) is 0 Å². The van der Waals surface area contributed by atoms with Gasteiger partial charge in [0.1, 0.15) is 0 Å². The summed E-state index contributed by atoms with van der Waals surface area (Å²) in [6.45, 7) is 1.13. The standard InChI is InChI=1S/C14H15N/c1-15-10-11-5-4-6-12(9-11)13-7-2-3-8-14(13)15/h2-8,11H,9-10H2,1H3. The molecule has 1 nitrogen and oxygen atoms in total. The van der Waals surface area contributed by atoms with Crippen LogP contribution in [0.15, 0.2) is 42.5 Å². The van der Waals surface area contributed by atoms with Crippen LogP contribution in [0.1, 0.15) is 12.0 Å². The fourth-order valence-corrected chi connectivity index (χ4v) is 2.60. The van der Waals surface area contributed by atoms with Gasteiger partial charge in [-0.15, -0.1) is 0 Å². The number of rotatable bonds is 0. The number of benzene rings is 1. The number of hydrogen-bond donors (Lipinski definition) is 0. The van der Waals surface area contributed by atoms with E-state index >= 15 is 0 Å². The van der Waals surface area contributed by atoms with Crippen LogP contribution < -0.4 is 4.90 Å². The third-order valence-electron chi connectivity index (χ3n) is 3.33. The lowest BCUT2D eigenvalue weighted by Gasteiger charge is -2.21. The first kappa shape index (κ1) is 8.78. The summed E-state index contributed by atoms with van der Waals surface area (Å²) in [6.07, 6.45) is 7.98. The van der Waals surface area contributed by atoms with Gasteiger partial charge in [-0.1, -0.05) is 36.4 Å². The molecule has 1 aliphatic heterocycles. The van der Waals surface area contributed by atoms with Crippen LogP contribution in [0.3, 0.4) is 0 Å². The average molecular weight is 197 g/mol. The number of fused-ring (bicyclic) bond motifs is 4. The second-order valence-corrected chi connectivity index (χ2v) is 4.44. The molecule has 0 fully saturated rings. The highest BCUT2D eigenvalue weighted by Crippen LogP contribution is 2.37. The molecule has 0 saturated heterocycles. The lowest BCUT2D eigenvalue weighted by molar-refractivity contribution is 0.663. The molecule has 2 bridgehead atoms. The van der Waals surface area contributed by atoms with Gasteiger partial charge in [0.05, 0.1) is 0 Å². The van der Waals surface area contributed by atoms with Gasteiger partial charge in [-0.2, -0.15) is 0 Å². The molecule has 0 N–H and O–H groups in total. The van der Waals surface area contributed by atoms with Gasteiger partial charge in [0.25, 0.3) is 0 Å². The average Bonchev–Trinajstić information content (AvgIpc) is 2.37. The molecule has 0 radical (unpaired) electrons. The van der Waals surface area contributed by atoms with Crippen molar-refractivity contribution < 1.29 is 0 Å². The Morgan fingerprint density at radius 3 is 3.07 bits per heavy atom. The van der Waals surface area contributed by atoms with Crippen molar-refractivity contribution in [2.75, 3.05) is 18.5 Å². The van der Waals surface area contributed by atoms with E-state index < -0.39 is 0 Å². The molecule has 1 heterocycles. The van der Waals surface area contributed by atoms with Crippen LogP contribution in [0.5, 0.6) is 0 Å². The van der Waals surface area contributed by atoms with Crippen LogP contribution in [0, 0.1) is 5.92 Å². The first-order valence-electron chi connectivity index (χ1n) is 5.52. The minimum Gasteiger partial charge on any atom is -0.374 e. The van der Waals surface area contributed by atoms with Crippen molar-refractivity contribution in [2.24, 2.45) is 5.92 Å². The molecule has 76 valence electrons. The summed E-state index contributed by atoms with van der Waals surface area (Å²) in [6, 6.07) is 8.71. The van der Waals surface area contributed by atoms with Crippen LogP contribution in [0.2, 0.25) is 0 Å². The largest absolute Gasteiger partial charge is 0.374 e. The molecular weight excluding hydrogens is 182 g/mol. The molecule has 2 aliphatic rings. The van der Waals surface area contributed by atoms with E-state index in [4.69, 9.17) is 0 Å². The fraction of sp³-hybridized carbons (Fsp3) is 0.286. The van der Waals surface area contributed by atoms with Gasteiger partial charge in [-0.05, 0) is 24.0 Å². The highest BCUT2D eigenvalue weighted by atomic mass is 15.1. The maximum Gasteiger partial charge on any atom is 0.0440 e. The van der Waals surface area contributed by atoms with Crippen molar-refractivity contribution in [3.8, 4) is 0 Å². The van der Waals surface area contributed by atoms with Crippen molar-refractivity contribution in [3.05, 3.63) is 48.1 Å². The van der Waals surface area contributed by atoms with Gasteiger partial charge < -0.3 is 4.90 Å². The molecule has 0 spiro atoms. The zero-order valence-electron chi connectivity index (χ0n) is 8.98. The molecule has 1 heteroatoms. The normalized spacial score (nSPS) is 23.1. The highest BCUT2D eigenvalue weighted by molar-refractivity contribution is 5.79. The molecule has 1 aromatic rings. The van der Waals surface area contributed by atoms with Gasteiger partial charge >= 0.3 is 0 Å². The molecule has 1 aliphatic carbocycles. The summed E-state index contributed by atoms with van der Waals surface area (Å²) >= 11 is 0. The third kappa shape index (κ3) is 1.39. The topological polar surface area (TPSA) is 3.24 Å². The van der Waals surface area contributed by atoms with Gasteiger partial charge in [0, 0.05) is 24.8 Å². The molecule has 1 unspecified atom stereocenters. The Bertz CT molecular complexity index is 442.